The van der Waals surface area contributed by atoms with Crippen LogP contribution in [0.2, 0.25) is 0 Å². The van der Waals surface area contributed by atoms with E-state index in [2.05, 4.69) is 52.0 Å². The molecule has 0 atom stereocenters. The van der Waals surface area contributed by atoms with Crippen molar-refractivity contribution in [1.82, 2.24) is 14.7 Å². The van der Waals surface area contributed by atoms with Crippen molar-refractivity contribution >= 4 is 11.6 Å². The zero-order valence-electron chi connectivity index (χ0n) is 18.8. The van der Waals surface area contributed by atoms with Gasteiger partial charge in [0.05, 0.1) is 19.3 Å². The molecule has 0 aromatic heterocycles. The lowest BCUT2D eigenvalue weighted by Crippen LogP contribution is -2.53. The van der Waals surface area contributed by atoms with Gasteiger partial charge in [-0.25, -0.2) is 0 Å². The van der Waals surface area contributed by atoms with E-state index in [1.54, 1.807) is 7.11 Å². The van der Waals surface area contributed by atoms with Crippen molar-refractivity contribution in [2.24, 2.45) is 0 Å². The van der Waals surface area contributed by atoms with Crippen LogP contribution >= 0.6 is 0 Å². The van der Waals surface area contributed by atoms with E-state index >= 15 is 0 Å². The van der Waals surface area contributed by atoms with Crippen LogP contribution in [0, 0.1) is 6.92 Å². The van der Waals surface area contributed by atoms with Crippen LogP contribution in [0.4, 0.5) is 5.69 Å². The van der Waals surface area contributed by atoms with Gasteiger partial charge in [-0.2, -0.15) is 0 Å². The number of carbonyl (C=O) groups is 1. The van der Waals surface area contributed by atoms with E-state index in [-0.39, 0.29) is 5.91 Å². The maximum absolute atomic E-state index is 12.9. The molecule has 0 N–H and O–H groups in total. The van der Waals surface area contributed by atoms with E-state index < -0.39 is 0 Å². The fourth-order valence-electron chi connectivity index (χ4n) is 4.51. The lowest BCUT2D eigenvalue weighted by Gasteiger charge is -2.39. The van der Waals surface area contributed by atoms with Gasteiger partial charge in [-0.15, -0.1) is 0 Å². The molecule has 2 aliphatic rings. The molecule has 6 heteroatoms. The predicted octanol–water partition coefficient (Wildman–Crippen LogP) is 2.47. The Morgan fingerprint density at radius 2 is 1.48 bits per heavy atom. The highest BCUT2D eigenvalue weighted by Crippen LogP contribution is 2.28. The lowest BCUT2D eigenvalue weighted by molar-refractivity contribution is -0.133. The van der Waals surface area contributed by atoms with Gasteiger partial charge in [0.25, 0.3) is 0 Å². The maximum atomic E-state index is 12.9. The largest absolute Gasteiger partial charge is 0.495 e. The average molecular weight is 423 g/mol. The Bertz CT molecular complexity index is 871. The van der Waals surface area contributed by atoms with Gasteiger partial charge in [0.1, 0.15) is 5.75 Å². The number of nitrogens with zero attached hydrogens (tertiary/aromatic N) is 4. The van der Waals surface area contributed by atoms with Gasteiger partial charge in [0.15, 0.2) is 0 Å². The molecular formula is C25H34N4O2. The molecule has 0 unspecified atom stereocenters. The molecule has 2 aromatic carbocycles. The summed E-state index contributed by atoms with van der Waals surface area (Å²) in [6.07, 6.45) is 0. The van der Waals surface area contributed by atoms with Crippen LogP contribution in [-0.4, -0.2) is 86.6 Å². The number of hydrogen-bond acceptors (Lipinski definition) is 5. The standard InChI is InChI=1S/C25H34N4O2/c1-21-7-3-4-8-22(21)19-26-11-13-27(14-12-26)20-25(30)29-17-15-28(16-18-29)23-9-5-6-10-24(23)31-2/h3-10H,11-20H2,1-2H3. The predicted molar refractivity (Wildman–Crippen MR) is 125 cm³/mol. The minimum atomic E-state index is 0.257. The first-order chi connectivity index (χ1) is 15.1. The third-order valence-electron chi connectivity index (χ3n) is 6.54. The van der Waals surface area contributed by atoms with Crippen molar-refractivity contribution in [2.75, 3.05) is 70.9 Å². The number of hydrogen-bond donors (Lipinski definition) is 0. The molecule has 0 spiro atoms. The van der Waals surface area contributed by atoms with Gasteiger partial charge in [-0.05, 0) is 30.2 Å². The first-order valence-electron chi connectivity index (χ1n) is 11.3. The van der Waals surface area contributed by atoms with Gasteiger partial charge < -0.3 is 14.5 Å². The minimum Gasteiger partial charge on any atom is -0.495 e. The SMILES string of the molecule is COc1ccccc1N1CCN(C(=O)CN2CCN(Cc3ccccc3C)CC2)CC1. The average Bonchev–Trinajstić information content (AvgIpc) is 2.82. The molecule has 0 radical (unpaired) electrons. The molecule has 6 nitrogen and oxygen atoms in total. The number of methoxy groups -OCH3 is 1. The fourth-order valence-corrected chi connectivity index (χ4v) is 4.51. The molecule has 4 rings (SSSR count). The van der Waals surface area contributed by atoms with Crippen LogP contribution in [0.3, 0.4) is 0 Å². The van der Waals surface area contributed by atoms with Crippen LogP contribution < -0.4 is 9.64 Å². The Morgan fingerprint density at radius 3 is 2.19 bits per heavy atom. The second kappa shape index (κ2) is 10.2. The highest BCUT2D eigenvalue weighted by molar-refractivity contribution is 5.78. The summed E-state index contributed by atoms with van der Waals surface area (Å²) in [5.41, 5.74) is 3.87. The van der Waals surface area contributed by atoms with Crippen LogP contribution in [0.25, 0.3) is 0 Å². The summed E-state index contributed by atoms with van der Waals surface area (Å²) in [4.78, 5) is 22.0. The van der Waals surface area contributed by atoms with Crippen molar-refractivity contribution in [3.05, 3.63) is 59.7 Å². The summed E-state index contributed by atoms with van der Waals surface area (Å²) in [7, 11) is 1.71. The quantitative estimate of drug-likeness (QED) is 0.715. The third-order valence-corrected chi connectivity index (χ3v) is 6.54. The molecule has 0 aliphatic carbocycles. The van der Waals surface area contributed by atoms with Gasteiger partial charge in [-0.1, -0.05) is 36.4 Å². The summed E-state index contributed by atoms with van der Waals surface area (Å²) >= 11 is 0. The molecule has 2 aliphatic heterocycles. The normalized spacial score (nSPS) is 18.3. The molecule has 1 amide bonds. The van der Waals surface area contributed by atoms with Crippen molar-refractivity contribution in [3.63, 3.8) is 0 Å². The molecule has 166 valence electrons. The van der Waals surface area contributed by atoms with Crippen LogP contribution in [0.5, 0.6) is 5.75 Å². The van der Waals surface area contributed by atoms with Crippen molar-refractivity contribution in [1.29, 1.82) is 0 Å². The number of anilines is 1. The van der Waals surface area contributed by atoms with Crippen molar-refractivity contribution < 1.29 is 9.53 Å². The maximum Gasteiger partial charge on any atom is 0.236 e. The topological polar surface area (TPSA) is 39.3 Å². The second-order valence-corrected chi connectivity index (χ2v) is 8.52. The monoisotopic (exact) mass is 422 g/mol. The Hall–Kier alpha value is -2.57. The van der Waals surface area contributed by atoms with E-state index in [9.17, 15) is 4.79 Å². The third kappa shape index (κ3) is 5.38. The Morgan fingerprint density at radius 1 is 0.839 bits per heavy atom. The first-order valence-corrected chi connectivity index (χ1v) is 11.3. The molecule has 0 saturated carbocycles. The second-order valence-electron chi connectivity index (χ2n) is 8.52. The summed E-state index contributed by atoms with van der Waals surface area (Å²) in [5.74, 6) is 1.15. The number of para-hydroxylation sites is 2. The molecule has 2 heterocycles. The van der Waals surface area contributed by atoms with Gasteiger partial charge in [-0.3, -0.25) is 14.6 Å². The summed E-state index contributed by atoms with van der Waals surface area (Å²) in [6.45, 7) is 10.9. The zero-order chi connectivity index (χ0) is 21.6. The summed E-state index contributed by atoms with van der Waals surface area (Å²) < 4.78 is 5.49. The van der Waals surface area contributed by atoms with E-state index in [0.717, 1.165) is 70.3 Å². The van der Waals surface area contributed by atoms with Crippen LogP contribution in [0.1, 0.15) is 11.1 Å². The van der Waals surface area contributed by atoms with E-state index in [1.165, 1.54) is 11.1 Å². The Labute approximate surface area is 186 Å². The van der Waals surface area contributed by atoms with Crippen LogP contribution in [0.15, 0.2) is 48.5 Å². The minimum absolute atomic E-state index is 0.257. The number of rotatable bonds is 6. The zero-order valence-corrected chi connectivity index (χ0v) is 18.8. The smallest absolute Gasteiger partial charge is 0.236 e. The number of aryl methyl sites for hydroxylation is 1. The Balaban J connectivity index is 1.22. The van der Waals surface area contributed by atoms with E-state index in [1.807, 2.05) is 23.1 Å². The fraction of sp³-hybridized carbons (Fsp3) is 0.480. The number of amides is 1. The summed E-state index contributed by atoms with van der Waals surface area (Å²) in [5, 5.41) is 0. The number of carbonyl (C=O) groups excluding carboxylic acids is 1. The van der Waals surface area contributed by atoms with Gasteiger partial charge >= 0.3 is 0 Å². The van der Waals surface area contributed by atoms with Crippen molar-refractivity contribution in [2.45, 2.75) is 13.5 Å². The number of benzene rings is 2. The van der Waals surface area contributed by atoms with E-state index in [4.69, 9.17) is 4.74 Å². The van der Waals surface area contributed by atoms with Crippen molar-refractivity contribution in [3.8, 4) is 5.75 Å². The lowest BCUT2D eigenvalue weighted by atomic mass is 10.1. The van der Waals surface area contributed by atoms with E-state index in [0.29, 0.717) is 6.54 Å². The highest BCUT2D eigenvalue weighted by atomic mass is 16.5. The molecular weight excluding hydrogens is 388 g/mol. The number of ether oxygens (including phenoxy) is 1. The first kappa shape index (κ1) is 21.7. The molecule has 0 bridgehead atoms. The molecule has 2 saturated heterocycles. The van der Waals surface area contributed by atoms with Crippen LogP contribution in [-0.2, 0) is 11.3 Å². The van der Waals surface area contributed by atoms with Gasteiger partial charge in [0.2, 0.25) is 5.91 Å². The number of piperazine rings is 2. The molecule has 2 fully saturated rings. The molecule has 2 aromatic rings. The molecule has 31 heavy (non-hydrogen) atoms. The summed E-state index contributed by atoms with van der Waals surface area (Å²) in [6, 6.07) is 16.7. The van der Waals surface area contributed by atoms with Gasteiger partial charge in [0, 0.05) is 58.9 Å². The highest BCUT2D eigenvalue weighted by Gasteiger charge is 2.25. The Kier molecular flexibility index (Phi) is 7.10.